The molecule has 1 aromatic heterocycles. The number of H-pyrrole nitrogens is 1. The van der Waals surface area contributed by atoms with E-state index >= 15 is 0 Å². The van der Waals surface area contributed by atoms with Crippen molar-refractivity contribution in [1.82, 2.24) is 9.97 Å². The highest BCUT2D eigenvalue weighted by atomic mass is 16.5. The van der Waals surface area contributed by atoms with E-state index in [-0.39, 0.29) is 11.4 Å². The molecule has 0 saturated heterocycles. The molecule has 0 atom stereocenters. The molecular weight excluding hydrogens is 184 g/mol. The molecule has 5 nitrogen and oxygen atoms in total. The number of nitrogens with one attached hydrogen (secondary N) is 1. The third-order valence-corrected chi connectivity index (χ3v) is 1.97. The van der Waals surface area contributed by atoms with E-state index in [0.717, 1.165) is 0 Å². The maximum Gasteiger partial charge on any atom is 0.374 e. The molecule has 1 rings (SSSR count). The summed E-state index contributed by atoms with van der Waals surface area (Å²) in [6, 6.07) is 0. The number of nitrogens with zero attached hydrogens (tertiary/aromatic N) is 1. The Morgan fingerprint density at radius 2 is 2.21 bits per heavy atom. The van der Waals surface area contributed by atoms with Crippen LogP contribution < -0.4 is 5.56 Å². The fourth-order valence-electron chi connectivity index (χ4n) is 1.12. The molecule has 0 fully saturated rings. The monoisotopic (exact) mass is 196 g/mol. The zero-order valence-electron chi connectivity index (χ0n) is 8.38. The van der Waals surface area contributed by atoms with Gasteiger partial charge in [-0.2, -0.15) is 0 Å². The average Bonchev–Trinajstić information content (AvgIpc) is 2.20. The quantitative estimate of drug-likeness (QED) is 0.696. The first-order valence-electron chi connectivity index (χ1n) is 4.28. The van der Waals surface area contributed by atoms with Gasteiger partial charge in [0, 0.05) is 5.56 Å². The van der Waals surface area contributed by atoms with E-state index in [2.05, 4.69) is 14.7 Å². The van der Waals surface area contributed by atoms with Crippen molar-refractivity contribution in [2.75, 3.05) is 7.11 Å². The predicted octanol–water partition coefficient (Wildman–Crippen LogP) is 0.427. The van der Waals surface area contributed by atoms with E-state index in [0.29, 0.717) is 17.7 Å². The standard InChI is InChI=1S/C9H12N2O3/c1-4-6-5(2)8(12)11-7(10-6)9(13)14-3/h4H2,1-3H3,(H,10,11,12). The number of aryl methyl sites for hydroxylation is 1. The van der Waals surface area contributed by atoms with Crippen molar-refractivity contribution in [2.24, 2.45) is 0 Å². The molecule has 1 N–H and O–H groups in total. The third kappa shape index (κ3) is 1.81. The molecule has 76 valence electrons. The van der Waals surface area contributed by atoms with E-state index in [9.17, 15) is 9.59 Å². The lowest BCUT2D eigenvalue weighted by Crippen LogP contribution is -2.21. The number of ether oxygens (including phenoxy) is 1. The van der Waals surface area contributed by atoms with Crippen LogP contribution in [-0.4, -0.2) is 23.0 Å². The van der Waals surface area contributed by atoms with Gasteiger partial charge in [0.1, 0.15) is 0 Å². The Labute approximate surface area is 81.1 Å². The van der Waals surface area contributed by atoms with Crippen LogP contribution in [0.1, 0.15) is 28.8 Å². The van der Waals surface area contributed by atoms with Crippen LogP contribution in [0.5, 0.6) is 0 Å². The minimum Gasteiger partial charge on any atom is -0.463 e. The first-order chi connectivity index (χ1) is 6.60. The molecule has 0 unspecified atom stereocenters. The van der Waals surface area contributed by atoms with Crippen LogP contribution in [-0.2, 0) is 11.2 Å². The van der Waals surface area contributed by atoms with Crippen LogP contribution >= 0.6 is 0 Å². The summed E-state index contributed by atoms with van der Waals surface area (Å²) in [6.07, 6.45) is 0.611. The van der Waals surface area contributed by atoms with Crippen molar-refractivity contribution < 1.29 is 9.53 Å². The zero-order chi connectivity index (χ0) is 10.7. The van der Waals surface area contributed by atoms with Crippen molar-refractivity contribution >= 4 is 5.97 Å². The second-order valence-corrected chi connectivity index (χ2v) is 2.83. The Hall–Kier alpha value is -1.65. The number of carbonyl (C=O) groups excluding carboxylic acids is 1. The topological polar surface area (TPSA) is 72.0 Å². The summed E-state index contributed by atoms with van der Waals surface area (Å²) in [5, 5.41) is 0. The molecule has 0 bridgehead atoms. The minimum atomic E-state index is -0.628. The van der Waals surface area contributed by atoms with Gasteiger partial charge in [-0.3, -0.25) is 4.79 Å². The van der Waals surface area contributed by atoms with Crippen molar-refractivity contribution in [1.29, 1.82) is 0 Å². The molecule has 0 amide bonds. The number of aromatic nitrogens is 2. The molecular formula is C9H12N2O3. The summed E-state index contributed by atoms with van der Waals surface area (Å²) in [4.78, 5) is 28.8. The van der Waals surface area contributed by atoms with Gasteiger partial charge in [-0.25, -0.2) is 9.78 Å². The predicted molar refractivity (Wildman–Crippen MR) is 50.3 cm³/mol. The molecule has 14 heavy (non-hydrogen) atoms. The zero-order valence-corrected chi connectivity index (χ0v) is 8.38. The van der Waals surface area contributed by atoms with Crippen molar-refractivity contribution in [3.8, 4) is 0 Å². The molecule has 0 aliphatic carbocycles. The van der Waals surface area contributed by atoms with Crippen molar-refractivity contribution in [2.45, 2.75) is 20.3 Å². The fourth-order valence-corrected chi connectivity index (χ4v) is 1.12. The van der Waals surface area contributed by atoms with Gasteiger partial charge < -0.3 is 9.72 Å². The Kier molecular flexibility index (Phi) is 3.01. The highest BCUT2D eigenvalue weighted by Crippen LogP contribution is 2.00. The number of rotatable bonds is 2. The number of hydrogen-bond acceptors (Lipinski definition) is 4. The Bertz CT molecular complexity index is 409. The van der Waals surface area contributed by atoms with Crippen LogP contribution in [0.25, 0.3) is 0 Å². The van der Waals surface area contributed by atoms with Crippen LogP contribution in [0.15, 0.2) is 4.79 Å². The normalized spacial score (nSPS) is 9.93. The number of methoxy groups -OCH3 is 1. The van der Waals surface area contributed by atoms with Gasteiger partial charge in [0.05, 0.1) is 12.8 Å². The molecule has 5 heteroatoms. The lowest BCUT2D eigenvalue weighted by Gasteiger charge is -2.03. The lowest BCUT2D eigenvalue weighted by atomic mass is 10.2. The van der Waals surface area contributed by atoms with E-state index in [1.807, 2.05) is 6.92 Å². The Morgan fingerprint density at radius 3 is 2.71 bits per heavy atom. The molecule has 1 heterocycles. The third-order valence-electron chi connectivity index (χ3n) is 1.97. The lowest BCUT2D eigenvalue weighted by molar-refractivity contribution is 0.0586. The fraction of sp³-hybridized carbons (Fsp3) is 0.444. The van der Waals surface area contributed by atoms with E-state index in [1.54, 1.807) is 6.92 Å². The van der Waals surface area contributed by atoms with Gasteiger partial charge >= 0.3 is 5.97 Å². The summed E-state index contributed by atoms with van der Waals surface area (Å²) in [6.45, 7) is 3.54. The molecule has 0 aromatic carbocycles. The van der Waals surface area contributed by atoms with Gasteiger partial charge in [0.2, 0.25) is 5.82 Å². The Morgan fingerprint density at radius 1 is 1.57 bits per heavy atom. The van der Waals surface area contributed by atoms with Gasteiger partial charge in [0.25, 0.3) is 5.56 Å². The smallest absolute Gasteiger partial charge is 0.374 e. The van der Waals surface area contributed by atoms with Crippen molar-refractivity contribution in [3.63, 3.8) is 0 Å². The maximum atomic E-state index is 11.3. The van der Waals surface area contributed by atoms with Crippen LogP contribution in [0.2, 0.25) is 0 Å². The molecule has 0 radical (unpaired) electrons. The second kappa shape index (κ2) is 4.04. The first-order valence-corrected chi connectivity index (χ1v) is 4.28. The summed E-state index contributed by atoms with van der Waals surface area (Å²) < 4.78 is 4.46. The number of aromatic amines is 1. The number of esters is 1. The summed E-state index contributed by atoms with van der Waals surface area (Å²) in [7, 11) is 1.24. The molecule has 0 saturated carbocycles. The summed E-state index contributed by atoms with van der Waals surface area (Å²) >= 11 is 0. The largest absolute Gasteiger partial charge is 0.463 e. The van der Waals surface area contributed by atoms with Crippen LogP contribution in [0.3, 0.4) is 0 Å². The van der Waals surface area contributed by atoms with Crippen LogP contribution in [0.4, 0.5) is 0 Å². The minimum absolute atomic E-state index is 0.0417. The highest BCUT2D eigenvalue weighted by Gasteiger charge is 2.12. The van der Waals surface area contributed by atoms with E-state index < -0.39 is 5.97 Å². The molecule has 0 aliphatic heterocycles. The summed E-state index contributed by atoms with van der Waals surface area (Å²) in [5.41, 5.74) is 0.867. The summed E-state index contributed by atoms with van der Waals surface area (Å²) in [5.74, 6) is -0.670. The molecule has 0 aliphatic rings. The maximum absolute atomic E-state index is 11.3. The number of hydrogen-bond donors (Lipinski definition) is 1. The number of carbonyl (C=O) groups is 1. The van der Waals surface area contributed by atoms with E-state index in [1.165, 1.54) is 7.11 Å². The molecule has 0 spiro atoms. The average molecular weight is 196 g/mol. The van der Waals surface area contributed by atoms with Crippen molar-refractivity contribution in [3.05, 3.63) is 27.4 Å². The van der Waals surface area contributed by atoms with E-state index in [4.69, 9.17) is 0 Å². The van der Waals surface area contributed by atoms with Gasteiger partial charge in [-0.1, -0.05) is 6.92 Å². The van der Waals surface area contributed by atoms with Gasteiger partial charge in [-0.05, 0) is 13.3 Å². The second-order valence-electron chi connectivity index (χ2n) is 2.83. The Balaban J connectivity index is 3.30. The molecule has 1 aromatic rings. The van der Waals surface area contributed by atoms with Gasteiger partial charge in [-0.15, -0.1) is 0 Å². The first kappa shape index (κ1) is 10.4. The van der Waals surface area contributed by atoms with Gasteiger partial charge in [0.15, 0.2) is 0 Å². The SMILES string of the molecule is CCc1nc(C(=O)OC)[nH]c(=O)c1C. The van der Waals surface area contributed by atoms with Crippen LogP contribution in [0, 0.1) is 6.92 Å². The highest BCUT2D eigenvalue weighted by molar-refractivity contribution is 5.84.